The number of nitrogens with one attached hydrogen (secondary N) is 1. The second-order valence-electron chi connectivity index (χ2n) is 4.39. The fraction of sp³-hybridized carbons (Fsp3) is 0.900. The third-order valence-corrected chi connectivity index (χ3v) is 5.14. The van der Waals surface area contributed by atoms with E-state index in [0.717, 1.165) is 0 Å². The van der Waals surface area contributed by atoms with Crippen molar-refractivity contribution in [2.45, 2.75) is 6.42 Å². The molecule has 1 rings (SSSR count). The van der Waals surface area contributed by atoms with E-state index in [1.54, 1.807) is 4.90 Å². The minimum atomic E-state index is -2.86. The van der Waals surface area contributed by atoms with Crippen molar-refractivity contribution in [3.05, 3.63) is 0 Å². The van der Waals surface area contributed by atoms with Crippen molar-refractivity contribution in [1.82, 2.24) is 10.2 Å². The molecule has 18 heavy (non-hydrogen) atoms. The highest BCUT2D eigenvalue weighted by Crippen LogP contribution is 2.17. The lowest BCUT2D eigenvalue weighted by Crippen LogP contribution is -2.44. The first-order valence-electron chi connectivity index (χ1n) is 5.93. The van der Waals surface area contributed by atoms with E-state index in [1.807, 2.05) is 0 Å². The van der Waals surface area contributed by atoms with E-state index in [-0.39, 0.29) is 30.6 Å². The number of hydrogen-bond acceptors (Lipinski definition) is 5. The van der Waals surface area contributed by atoms with E-state index in [1.165, 1.54) is 0 Å². The van der Waals surface area contributed by atoms with Gasteiger partial charge < -0.3 is 20.4 Å². The first-order valence-corrected chi connectivity index (χ1v) is 8.16. The predicted octanol–water partition coefficient (Wildman–Crippen LogP) is -1.42. The van der Waals surface area contributed by atoms with E-state index in [4.69, 9.17) is 22.4 Å². The molecule has 106 valence electrons. The molecule has 0 bridgehead atoms. The largest absolute Gasteiger partial charge is 0.395 e. The highest BCUT2D eigenvalue weighted by molar-refractivity contribution is 7.91. The first-order chi connectivity index (χ1) is 8.48. The lowest BCUT2D eigenvalue weighted by atomic mass is 10.1. The van der Waals surface area contributed by atoms with E-state index in [9.17, 15) is 8.42 Å². The number of thiocarbonyl (C=S) groups is 1. The molecule has 0 aromatic rings. The second kappa shape index (κ2) is 7.22. The Morgan fingerprint density at radius 2 is 1.94 bits per heavy atom. The lowest BCUT2D eigenvalue weighted by molar-refractivity contribution is 0.211. The van der Waals surface area contributed by atoms with E-state index in [0.29, 0.717) is 31.2 Å². The molecule has 1 saturated heterocycles. The van der Waals surface area contributed by atoms with Gasteiger partial charge in [-0.25, -0.2) is 8.42 Å². The van der Waals surface area contributed by atoms with E-state index < -0.39 is 9.84 Å². The smallest absolute Gasteiger partial charge is 0.169 e. The van der Waals surface area contributed by atoms with Crippen LogP contribution in [0.3, 0.4) is 0 Å². The Bertz CT molecular complexity index is 366. The normalized spacial score (nSPS) is 21.8. The van der Waals surface area contributed by atoms with Crippen molar-refractivity contribution in [3.8, 4) is 0 Å². The Balaban J connectivity index is 2.35. The Labute approximate surface area is 113 Å². The van der Waals surface area contributed by atoms with Crippen LogP contribution in [0.25, 0.3) is 0 Å². The standard InChI is InChI=1S/C10H20N2O4S2/c13-4-2-12(3-5-14)10(17)11-7-9-1-6-18(15,16)8-9/h9,13-14H,1-8H2,(H,11,17)/t9-/m1/s1. The topological polar surface area (TPSA) is 89.9 Å². The van der Waals surface area contributed by atoms with Gasteiger partial charge in [-0.1, -0.05) is 0 Å². The molecule has 0 radical (unpaired) electrons. The fourth-order valence-corrected chi connectivity index (χ4v) is 4.06. The number of nitrogens with zero attached hydrogens (tertiary/aromatic N) is 1. The first kappa shape index (κ1) is 15.6. The summed E-state index contributed by atoms with van der Waals surface area (Å²) in [5.41, 5.74) is 0. The van der Waals surface area contributed by atoms with Gasteiger partial charge in [0, 0.05) is 19.6 Å². The molecule has 6 nitrogen and oxygen atoms in total. The number of rotatable bonds is 6. The zero-order chi connectivity index (χ0) is 13.6. The highest BCUT2D eigenvalue weighted by Gasteiger charge is 2.27. The average Bonchev–Trinajstić information content (AvgIpc) is 2.66. The van der Waals surface area contributed by atoms with E-state index >= 15 is 0 Å². The molecule has 3 N–H and O–H groups in total. The summed E-state index contributed by atoms with van der Waals surface area (Å²) in [6.07, 6.45) is 0.665. The van der Waals surface area contributed by atoms with Crippen LogP contribution < -0.4 is 5.32 Å². The van der Waals surface area contributed by atoms with Crippen molar-refractivity contribution in [2.75, 3.05) is 44.4 Å². The Hall–Kier alpha value is -0.440. The van der Waals surface area contributed by atoms with Crippen LogP contribution >= 0.6 is 12.2 Å². The van der Waals surface area contributed by atoms with Crippen LogP contribution in [0.4, 0.5) is 0 Å². The van der Waals surface area contributed by atoms with Crippen LogP contribution in [-0.2, 0) is 9.84 Å². The molecular formula is C10H20N2O4S2. The number of sulfone groups is 1. The Morgan fingerprint density at radius 3 is 2.39 bits per heavy atom. The van der Waals surface area contributed by atoms with Gasteiger partial charge in [-0.3, -0.25) is 0 Å². The van der Waals surface area contributed by atoms with Crippen LogP contribution in [0.5, 0.6) is 0 Å². The summed E-state index contributed by atoms with van der Waals surface area (Å²) in [6, 6.07) is 0. The Morgan fingerprint density at radius 1 is 1.33 bits per heavy atom. The molecule has 1 fully saturated rings. The van der Waals surface area contributed by atoms with Gasteiger partial charge in [0.15, 0.2) is 14.9 Å². The van der Waals surface area contributed by atoms with Gasteiger partial charge in [0.05, 0.1) is 24.7 Å². The molecule has 0 amide bonds. The van der Waals surface area contributed by atoms with Gasteiger partial charge in [0.2, 0.25) is 0 Å². The SMILES string of the molecule is O=S1(=O)CC[C@H](CNC(=S)N(CCO)CCO)C1. The zero-order valence-electron chi connectivity index (χ0n) is 10.2. The highest BCUT2D eigenvalue weighted by atomic mass is 32.2. The third-order valence-electron chi connectivity index (χ3n) is 2.90. The maximum absolute atomic E-state index is 11.3. The minimum absolute atomic E-state index is 0.0420. The monoisotopic (exact) mass is 296 g/mol. The summed E-state index contributed by atoms with van der Waals surface area (Å²) in [6.45, 7) is 1.15. The molecule has 1 aliphatic heterocycles. The molecule has 8 heteroatoms. The molecule has 1 heterocycles. The molecule has 0 spiro atoms. The van der Waals surface area contributed by atoms with Gasteiger partial charge in [0.25, 0.3) is 0 Å². The van der Waals surface area contributed by atoms with Crippen molar-refractivity contribution in [3.63, 3.8) is 0 Å². The van der Waals surface area contributed by atoms with Crippen LogP contribution in [0.2, 0.25) is 0 Å². The van der Waals surface area contributed by atoms with Crippen molar-refractivity contribution < 1.29 is 18.6 Å². The fourth-order valence-electron chi connectivity index (χ4n) is 1.93. The molecule has 0 saturated carbocycles. The summed E-state index contributed by atoms with van der Waals surface area (Å²) < 4.78 is 22.6. The van der Waals surface area contributed by atoms with Gasteiger partial charge in [0.1, 0.15) is 0 Å². The van der Waals surface area contributed by atoms with Gasteiger partial charge in [-0.05, 0) is 24.6 Å². The van der Waals surface area contributed by atoms with Crippen molar-refractivity contribution in [2.24, 2.45) is 5.92 Å². The summed E-state index contributed by atoms with van der Waals surface area (Å²) in [5.74, 6) is 0.559. The molecule has 0 aromatic carbocycles. The second-order valence-corrected chi connectivity index (χ2v) is 7.00. The summed E-state index contributed by atoms with van der Waals surface area (Å²) in [4.78, 5) is 1.67. The van der Waals surface area contributed by atoms with Crippen molar-refractivity contribution >= 4 is 27.2 Å². The maximum Gasteiger partial charge on any atom is 0.169 e. The molecule has 0 unspecified atom stereocenters. The number of aliphatic hydroxyl groups excluding tert-OH is 2. The van der Waals surface area contributed by atoms with E-state index in [2.05, 4.69) is 5.32 Å². The van der Waals surface area contributed by atoms with Crippen LogP contribution in [0.1, 0.15) is 6.42 Å². The quantitative estimate of drug-likeness (QED) is 0.518. The molecule has 0 aromatic heterocycles. The van der Waals surface area contributed by atoms with Gasteiger partial charge >= 0.3 is 0 Å². The average molecular weight is 296 g/mol. The molecule has 0 aliphatic carbocycles. The summed E-state index contributed by atoms with van der Waals surface area (Å²) >= 11 is 5.14. The summed E-state index contributed by atoms with van der Waals surface area (Å²) in [5, 5.41) is 21.2. The van der Waals surface area contributed by atoms with Gasteiger partial charge in [-0.15, -0.1) is 0 Å². The molecule has 1 aliphatic rings. The molecular weight excluding hydrogens is 276 g/mol. The number of hydrogen-bond donors (Lipinski definition) is 3. The van der Waals surface area contributed by atoms with Crippen LogP contribution in [0, 0.1) is 5.92 Å². The minimum Gasteiger partial charge on any atom is -0.395 e. The third kappa shape index (κ3) is 5.05. The number of aliphatic hydroxyl groups is 2. The summed E-state index contributed by atoms with van der Waals surface area (Å²) in [7, 11) is -2.86. The van der Waals surface area contributed by atoms with Crippen molar-refractivity contribution in [1.29, 1.82) is 0 Å². The lowest BCUT2D eigenvalue weighted by Gasteiger charge is -2.25. The van der Waals surface area contributed by atoms with Crippen LogP contribution in [-0.4, -0.2) is 73.0 Å². The van der Waals surface area contributed by atoms with Crippen LogP contribution in [0.15, 0.2) is 0 Å². The predicted molar refractivity (Wildman–Crippen MR) is 73.1 cm³/mol. The van der Waals surface area contributed by atoms with Gasteiger partial charge in [-0.2, -0.15) is 0 Å². The molecule has 1 atom stereocenters. The Kier molecular flexibility index (Phi) is 6.27. The maximum atomic E-state index is 11.3. The zero-order valence-corrected chi connectivity index (χ0v) is 11.8.